The van der Waals surface area contributed by atoms with Crippen molar-refractivity contribution in [3.05, 3.63) is 34.2 Å². The third kappa shape index (κ3) is 2.32. The molecular formula is C7H6F3NO2. The minimum Gasteiger partial charge on any atom is -0.379 e. The van der Waals surface area contributed by atoms with Gasteiger partial charge in [-0.25, -0.2) is 0 Å². The molecule has 72 valence electrons. The Kier molecular flexibility index (Phi) is 2.42. The lowest BCUT2D eigenvalue weighted by Gasteiger charge is -2.13. The zero-order valence-corrected chi connectivity index (χ0v) is 6.30. The smallest absolute Gasteiger partial charge is 0.379 e. The van der Waals surface area contributed by atoms with Crippen LogP contribution in [-0.4, -0.2) is 16.3 Å². The summed E-state index contributed by atoms with van der Waals surface area (Å²) < 4.78 is 35.7. The monoisotopic (exact) mass is 193 g/mol. The lowest BCUT2D eigenvalue weighted by molar-refractivity contribution is -0.206. The van der Waals surface area contributed by atoms with E-state index in [2.05, 4.69) is 4.98 Å². The highest BCUT2D eigenvalue weighted by Gasteiger charge is 2.39. The van der Waals surface area contributed by atoms with E-state index in [0.717, 1.165) is 12.3 Å². The van der Waals surface area contributed by atoms with E-state index >= 15 is 0 Å². The summed E-state index contributed by atoms with van der Waals surface area (Å²) in [6, 6.07) is 1.71. The van der Waals surface area contributed by atoms with E-state index in [1.165, 1.54) is 0 Å². The van der Waals surface area contributed by atoms with E-state index in [9.17, 15) is 18.0 Å². The number of aromatic amines is 1. The van der Waals surface area contributed by atoms with Crippen LogP contribution in [0.1, 0.15) is 11.7 Å². The van der Waals surface area contributed by atoms with Crippen molar-refractivity contribution in [3.63, 3.8) is 0 Å². The molecule has 1 aromatic rings. The van der Waals surface area contributed by atoms with Crippen LogP contribution < -0.4 is 5.56 Å². The summed E-state index contributed by atoms with van der Waals surface area (Å²) in [6.45, 7) is 0. The van der Waals surface area contributed by atoms with Crippen molar-refractivity contribution < 1.29 is 18.3 Å². The summed E-state index contributed by atoms with van der Waals surface area (Å²) in [5, 5.41) is 8.70. The fourth-order valence-corrected chi connectivity index (χ4v) is 0.820. The second-order valence-corrected chi connectivity index (χ2v) is 2.43. The molecular weight excluding hydrogens is 187 g/mol. The Hall–Kier alpha value is -1.30. The molecule has 0 radical (unpaired) electrons. The molecule has 2 N–H and O–H groups in total. The minimum atomic E-state index is -4.74. The Morgan fingerprint density at radius 1 is 1.46 bits per heavy atom. The second kappa shape index (κ2) is 3.21. The summed E-state index contributed by atoms with van der Waals surface area (Å²) in [6.07, 6.45) is -6.30. The maximum atomic E-state index is 11.9. The summed E-state index contributed by atoms with van der Waals surface area (Å²) in [7, 11) is 0. The summed E-state index contributed by atoms with van der Waals surface area (Å²) in [4.78, 5) is 12.7. The van der Waals surface area contributed by atoms with Crippen LogP contribution >= 0.6 is 0 Å². The van der Waals surface area contributed by atoms with Gasteiger partial charge >= 0.3 is 6.18 Å². The van der Waals surface area contributed by atoms with Crippen LogP contribution in [-0.2, 0) is 0 Å². The highest BCUT2D eigenvalue weighted by molar-refractivity contribution is 5.14. The first-order valence-electron chi connectivity index (χ1n) is 3.34. The number of aliphatic hydroxyl groups is 1. The van der Waals surface area contributed by atoms with Crippen LogP contribution in [0, 0.1) is 0 Å². The molecule has 0 fully saturated rings. The summed E-state index contributed by atoms with van der Waals surface area (Å²) in [5.74, 6) is 0. The molecule has 0 saturated carbocycles. The van der Waals surface area contributed by atoms with Crippen LogP contribution in [0.25, 0.3) is 0 Å². The van der Waals surface area contributed by atoms with Gasteiger partial charge in [0.2, 0.25) is 5.56 Å². The van der Waals surface area contributed by atoms with Crippen molar-refractivity contribution in [2.45, 2.75) is 12.3 Å². The molecule has 0 aromatic carbocycles. The van der Waals surface area contributed by atoms with Gasteiger partial charge in [-0.05, 0) is 11.6 Å². The molecule has 13 heavy (non-hydrogen) atoms. The van der Waals surface area contributed by atoms with Crippen molar-refractivity contribution in [2.75, 3.05) is 0 Å². The maximum Gasteiger partial charge on any atom is 0.418 e. The van der Waals surface area contributed by atoms with E-state index < -0.39 is 23.4 Å². The molecule has 0 spiro atoms. The van der Waals surface area contributed by atoms with Crippen LogP contribution in [0.15, 0.2) is 23.1 Å². The molecule has 0 aliphatic heterocycles. The van der Waals surface area contributed by atoms with Crippen LogP contribution in [0.4, 0.5) is 13.2 Å². The number of nitrogens with one attached hydrogen (secondary N) is 1. The number of aromatic nitrogens is 1. The maximum absolute atomic E-state index is 11.9. The van der Waals surface area contributed by atoms with E-state index in [0.29, 0.717) is 6.07 Å². The molecule has 1 heterocycles. The topological polar surface area (TPSA) is 53.1 Å². The van der Waals surface area contributed by atoms with E-state index in [1.807, 2.05) is 0 Å². The number of rotatable bonds is 1. The van der Waals surface area contributed by atoms with Crippen molar-refractivity contribution >= 4 is 0 Å². The number of halogens is 3. The highest BCUT2D eigenvalue weighted by atomic mass is 19.4. The normalized spacial score (nSPS) is 14.2. The van der Waals surface area contributed by atoms with E-state index in [-0.39, 0.29) is 0 Å². The third-order valence-corrected chi connectivity index (χ3v) is 1.42. The first-order valence-corrected chi connectivity index (χ1v) is 3.34. The van der Waals surface area contributed by atoms with Gasteiger partial charge in [-0.3, -0.25) is 4.79 Å². The predicted octanol–water partition coefficient (Wildman–Crippen LogP) is 0.971. The van der Waals surface area contributed by atoms with Crippen molar-refractivity contribution in [1.29, 1.82) is 0 Å². The Morgan fingerprint density at radius 2 is 2.08 bits per heavy atom. The molecule has 0 aliphatic carbocycles. The highest BCUT2D eigenvalue weighted by Crippen LogP contribution is 2.31. The fourth-order valence-electron chi connectivity index (χ4n) is 0.820. The Morgan fingerprint density at radius 3 is 2.54 bits per heavy atom. The molecule has 1 atom stereocenters. The lowest BCUT2D eigenvalue weighted by atomic mass is 10.1. The quantitative estimate of drug-likeness (QED) is 0.698. The molecule has 1 unspecified atom stereocenters. The standard InChI is InChI=1S/C7H6F3NO2/c8-7(9,10)6(13)4-1-2-11-5(12)3-4/h1-3,6,13H,(H,11,12). The number of H-pyrrole nitrogens is 1. The first kappa shape index (κ1) is 9.79. The molecule has 1 aromatic heterocycles. The fraction of sp³-hybridized carbons (Fsp3) is 0.286. The molecule has 0 aliphatic rings. The van der Waals surface area contributed by atoms with Crippen molar-refractivity contribution in [3.8, 4) is 0 Å². The second-order valence-electron chi connectivity index (χ2n) is 2.43. The Bertz CT molecular complexity index is 344. The van der Waals surface area contributed by atoms with Gasteiger partial charge in [-0.2, -0.15) is 13.2 Å². The summed E-state index contributed by atoms with van der Waals surface area (Å²) >= 11 is 0. The molecule has 0 bridgehead atoms. The zero-order chi connectivity index (χ0) is 10.1. The lowest BCUT2D eigenvalue weighted by Crippen LogP contribution is -2.21. The van der Waals surface area contributed by atoms with Gasteiger partial charge in [-0.15, -0.1) is 0 Å². The van der Waals surface area contributed by atoms with E-state index in [1.54, 1.807) is 0 Å². The number of aliphatic hydroxyl groups excluding tert-OH is 1. The zero-order valence-electron chi connectivity index (χ0n) is 6.30. The summed E-state index contributed by atoms with van der Waals surface area (Å²) in [5.41, 5.74) is -1.14. The minimum absolute atomic E-state index is 0.462. The molecule has 3 nitrogen and oxygen atoms in total. The number of hydrogen-bond acceptors (Lipinski definition) is 2. The average Bonchev–Trinajstić information content (AvgIpc) is 2.01. The molecule has 0 saturated heterocycles. The average molecular weight is 193 g/mol. The van der Waals surface area contributed by atoms with Crippen molar-refractivity contribution in [1.82, 2.24) is 4.98 Å². The number of alkyl halides is 3. The van der Waals surface area contributed by atoms with Crippen molar-refractivity contribution in [2.24, 2.45) is 0 Å². The molecule has 0 amide bonds. The molecule has 6 heteroatoms. The van der Waals surface area contributed by atoms with Gasteiger partial charge in [0.1, 0.15) is 0 Å². The van der Waals surface area contributed by atoms with Gasteiger partial charge in [0.25, 0.3) is 0 Å². The van der Waals surface area contributed by atoms with Gasteiger partial charge in [-0.1, -0.05) is 0 Å². The SMILES string of the molecule is O=c1cc(C(O)C(F)(F)F)cc[nH]1. The van der Waals surface area contributed by atoms with Crippen LogP contribution in [0.3, 0.4) is 0 Å². The largest absolute Gasteiger partial charge is 0.418 e. The van der Waals surface area contributed by atoms with Gasteiger partial charge < -0.3 is 10.1 Å². The van der Waals surface area contributed by atoms with Gasteiger partial charge in [0.15, 0.2) is 6.10 Å². The predicted molar refractivity (Wildman–Crippen MR) is 38.1 cm³/mol. The van der Waals surface area contributed by atoms with E-state index in [4.69, 9.17) is 5.11 Å². The third-order valence-electron chi connectivity index (χ3n) is 1.42. The Balaban J connectivity index is 3.02. The molecule has 1 rings (SSSR count). The van der Waals surface area contributed by atoms with Gasteiger partial charge in [0, 0.05) is 12.3 Å². The number of pyridine rings is 1. The Labute approximate surface area is 70.8 Å². The van der Waals surface area contributed by atoms with Crippen LogP contribution in [0.2, 0.25) is 0 Å². The first-order chi connectivity index (χ1) is 5.91. The van der Waals surface area contributed by atoms with Gasteiger partial charge in [0.05, 0.1) is 0 Å². The van der Waals surface area contributed by atoms with Crippen LogP contribution in [0.5, 0.6) is 0 Å². The number of hydrogen-bond donors (Lipinski definition) is 2.